The maximum absolute atomic E-state index is 11.6. The molecule has 0 atom stereocenters. The molecule has 1 aromatic carbocycles. The molecule has 2 N–H and O–H groups in total. The standard InChI is InChI=1S/C15H20N2O3/c1-11-5-4-8-13(9-11)20-14(18)10-16-15(19)17-12-6-2-3-7-12/h4-5,8-9,12H,2-3,6-7,10H2,1H3,(H2,16,17,19). The van der Waals surface area contributed by atoms with Crippen molar-refractivity contribution in [1.82, 2.24) is 10.6 Å². The lowest BCUT2D eigenvalue weighted by molar-refractivity contribution is -0.133. The number of amides is 2. The van der Waals surface area contributed by atoms with E-state index in [4.69, 9.17) is 4.74 Å². The third-order valence-corrected chi connectivity index (χ3v) is 3.30. The first-order valence-corrected chi connectivity index (χ1v) is 6.95. The Morgan fingerprint density at radius 2 is 2.05 bits per heavy atom. The fourth-order valence-corrected chi connectivity index (χ4v) is 2.31. The Morgan fingerprint density at radius 1 is 1.30 bits per heavy atom. The maximum atomic E-state index is 11.6. The minimum atomic E-state index is -0.475. The van der Waals surface area contributed by atoms with E-state index in [1.807, 2.05) is 19.1 Å². The van der Waals surface area contributed by atoms with E-state index in [0.717, 1.165) is 31.2 Å². The van der Waals surface area contributed by atoms with E-state index in [2.05, 4.69) is 10.6 Å². The van der Waals surface area contributed by atoms with Crippen LogP contribution in [0.15, 0.2) is 24.3 Å². The molecule has 1 aliphatic rings. The van der Waals surface area contributed by atoms with Crippen LogP contribution in [0.3, 0.4) is 0 Å². The average Bonchev–Trinajstić information content (AvgIpc) is 2.89. The lowest BCUT2D eigenvalue weighted by Crippen LogP contribution is -2.43. The highest BCUT2D eigenvalue weighted by Gasteiger charge is 2.17. The highest BCUT2D eigenvalue weighted by Crippen LogP contribution is 2.17. The topological polar surface area (TPSA) is 67.4 Å². The van der Waals surface area contributed by atoms with Gasteiger partial charge in [0.25, 0.3) is 0 Å². The summed E-state index contributed by atoms with van der Waals surface area (Å²) in [6, 6.07) is 7.16. The smallest absolute Gasteiger partial charge is 0.330 e. The van der Waals surface area contributed by atoms with Crippen LogP contribution in [0.2, 0.25) is 0 Å². The summed E-state index contributed by atoms with van der Waals surface area (Å²) < 4.78 is 5.13. The molecule has 1 saturated carbocycles. The minimum absolute atomic E-state index is 0.132. The van der Waals surface area contributed by atoms with Gasteiger partial charge >= 0.3 is 12.0 Å². The summed E-state index contributed by atoms with van der Waals surface area (Å²) in [6.07, 6.45) is 4.34. The van der Waals surface area contributed by atoms with Gasteiger partial charge in [0.05, 0.1) is 0 Å². The largest absolute Gasteiger partial charge is 0.425 e. The van der Waals surface area contributed by atoms with Gasteiger partial charge in [0, 0.05) is 6.04 Å². The van der Waals surface area contributed by atoms with Crippen LogP contribution >= 0.6 is 0 Å². The number of esters is 1. The molecule has 0 unspecified atom stereocenters. The van der Waals surface area contributed by atoms with Crippen molar-refractivity contribution in [2.75, 3.05) is 6.54 Å². The van der Waals surface area contributed by atoms with Gasteiger partial charge in [-0.25, -0.2) is 9.59 Å². The highest BCUT2D eigenvalue weighted by atomic mass is 16.5. The predicted molar refractivity (Wildman–Crippen MR) is 75.6 cm³/mol. The van der Waals surface area contributed by atoms with Crippen molar-refractivity contribution in [3.63, 3.8) is 0 Å². The van der Waals surface area contributed by atoms with E-state index in [0.29, 0.717) is 5.75 Å². The number of urea groups is 1. The Kier molecular flexibility index (Phi) is 4.98. The monoisotopic (exact) mass is 276 g/mol. The summed E-state index contributed by atoms with van der Waals surface area (Å²) in [6.45, 7) is 1.79. The summed E-state index contributed by atoms with van der Waals surface area (Å²) >= 11 is 0. The molecule has 0 radical (unpaired) electrons. The first kappa shape index (κ1) is 14.4. The van der Waals surface area contributed by atoms with E-state index < -0.39 is 5.97 Å². The molecule has 0 spiro atoms. The van der Waals surface area contributed by atoms with Crippen molar-refractivity contribution in [3.05, 3.63) is 29.8 Å². The Bertz CT molecular complexity index is 482. The second-order valence-corrected chi connectivity index (χ2v) is 5.10. The Hall–Kier alpha value is -2.04. The highest BCUT2D eigenvalue weighted by molar-refractivity contribution is 5.82. The van der Waals surface area contributed by atoms with Gasteiger partial charge < -0.3 is 15.4 Å². The maximum Gasteiger partial charge on any atom is 0.330 e. The zero-order chi connectivity index (χ0) is 14.4. The van der Waals surface area contributed by atoms with Crippen molar-refractivity contribution in [3.8, 4) is 5.75 Å². The third kappa shape index (κ3) is 4.57. The van der Waals surface area contributed by atoms with E-state index in [1.165, 1.54) is 0 Å². The van der Waals surface area contributed by atoms with Crippen molar-refractivity contribution in [1.29, 1.82) is 0 Å². The van der Waals surface area contributed by atoms with E-state index >= 15 is 0 Å². The molecule has 0 heterocycles. The molecule has 2 rings (SSSR count). The molecule has 0 aromatic heterocycles. The average molecular weight is 276 g/mol. The number of carbonyl (C=O) groups is 2. The quantitative estimate of drug-likeness (QED) is 0.654. The van der Waals surface area contributed by atoms with Crippen molar-refractivity contribution < 1.29 is 14.3 Å². The van der Waals surface area contributed by atoms with Gasteiger partial charge in [-0.1, -0.05) is 25.0 Å². The van der Waals surface area contributed by atoms with Crippen LogP contribution in [0.4, 0.5) is 4.79 Å². The number of aryl methyl sites for hydroxylation is 1. The summed E-state index contributed by atoms with van der Waals surface area (Å²) in [5.41, 5.74) is 1.02. The molecule has 1 fully saturated rings. The van der Waals surface area contributed by atoms with Crippen LogP contribution in [-0.2, 0) is 4.79 Å². The molecular formula is C15H20N2O3. The lowest BCUT2D eigenvalue weighted by atomic mass is 10.2. The van der Waals surface area contributed by atoms with E-state index in [9.17, 15) is 9.59 Å². The van der Waals surface area contributed by atoms with Gasteiger partial charge in [0.2, 0.25) is 0 Å². The zero-order valence-electron chi connectivity index (χ0n) is 11.6. The van der Waals surface area contributed by atoms with Crippen LogP contribution in [0.5, 0.6) is 5.75 Å². The summed E-state index contributed by atoms with van der Waals surface area (Å²) in [7, 11) is 0. The normalized spacial score (nSPS) is 14.8. The minimum Gasteiger partial charge on any atom is -0.425 e. The predicted octanol–water partition coefficient (Wildman–Crippen LogP) is 2.14. The zero-order valence-corrected chi connectivity index (χ0v) is 11.6. The molecule has 0 bridgehead atoms. The number of hydrogen-bond acceptors (Lipinski definition) is 3. The summed E-state index contributed by atoms with van der Waals surface area (Å²) in [4.78, 5) is 23.2. The number of nitrogens with one attached hydrogen (secondary N) is 2. The third-order valence-electron chi connectivity index (χ3n) is 3.30. The second kappa shape index (κ2) is 6.93. The van der Waals surface area contributed by atoms with Gasteiger partial charge in [-0.05, 0) is 37.5 Å². The molecular weight excluding hydrogens is 256 g/mol. The van der Waals surface area contributed by atoms with E-state index in [-0.39, 0.29) is 18.6 Å². The van der Waals surface area contributed by atoms with Gasteiger partial charge in [-0.15, -0.1) is 0 Å². The summed E-state index contributed by atoms with van der Waals surface area (Å²) in [5.74, 6) is 0.0187. The first-order valence-electron chi connectivity index (χ1n) is 6.95. The fraction of sp³-hybridized carbons (Fsp3) is 0.467. The molecule has 1 aromatic rings. The number of benzene rings is 1. The van der Waals surface area contributed by atoms with Crippen molar-refractivity contribution >= 4 is 12.0 Å². The van der Waals surface area contributed by atoms with Crippen LogP contribution in [0, 0.1) is 6.92 Å². The molecule has 0 saturated heterocycles. The molecule has 2 amide bonds. The van der Waals surface area contributed by atoms with Gasteiger partial charge in [-0.2, -0.15) is 0 Å². The number of hydrogen-bond donors (Lipinski definition) is 2. The first-order chi connectivity index (χ1) is 9.63. The number of ether oxygens (including phenoxy) is 1. The Balaban J connectivity index is 1.70. The van der Waals surface area contributed by atoms with Crippen molar-refractivity contribution in [2.45, 2.75) is 38.6 Å². The molecule has 108 valence electrons. The van der Waals surface area contributed by atoms with E-state index in [1.54, 1.807) is 12.1 Å². The van der Waals surface area contributed by atoms with Crippen LogP contribution < -0.4 is 15.4 Å². The molecule has 5 nitrogen and oxygen atoms in total. The fourth-order valence-electron chi connectivity index (χ4n) is 2.31. The number of carbonyl (C=O) groups excluding carboxylic acids is 2. The Morgan fingerprint density at radius 3 is 2.75 bits per heavy atom. The molecule has 1 aliphatic carbocycles. The van der Waals surface area contributed by atoms with Gasteiger partial charge in [0.15, 0.2) is 0 Å². The van der Waals surface area contributed by atoms with Crippen LogP contribution in [0.25, 0.3) is 0 Å². The van der Waals surface area contributed by atoms with Crippen LogP contribution in [0.1, 0.15) is 31.2 Å². The Labute approximate surface area is 118 Å². The molecule has 0 aliphatic heterocycles. The van der Waals surface area contributed by atoms with Gasteiger partial charge in [0.1, 0.15) is 12.3 Å². The SMILES string of the molecule is Cc1cccc(OC(=O)CNC(=O)NC2CCCC2)c1. The molecule has 20 heavy (non-hydrogen) atoms. The second-order valence-electron chi connectivity index (χ2n) is 5.10. The molecule has 5 heteroatoms. The number of rotatable bonds is 4. The van der Waals surface area contributed by atoms with Gasteiger partial charge in [-0.3, -0.25) is 0 Å². The van der Waals surface area contributed by atoms with Crippen LogP contribution in [-0.4, -0.2) is 24.6 Å². The summed E-state index contributed by atoms with van der Waals surface area (Å²) in [5, 5.41) is 5.37. The lowest BCUT2D eigenvalue weighted by Gasteiger charge is -2.12. The van der Waals surface area contributed by atoms with Crippen molar-refractivity contribution in [2.24, 2.45) is 0 Å².